The lowest BCUT2D eigenvalue weighted by Gasteiger charge is -2.18. The van der Waals surface area contributed by atoms with Crippen molar-refractivity contribution < 1.29 is 14.3 Å². The van der Waals surface area contributed by atoms with Crippen LogP contribution in [0.1, 0.15) is 86.0 Å². The predicted molar refractivity (Wildman–Crippen MR) is 153 cm³/mol. The van der Waals surface area contributed by atoms with Crippen LogP contribution >= 0.6 is 11.3 Å². The van der Waals surface area contributed by atoms with Gasteiger partial charge in [-0.2, -0.15) is 5.11 Å². The zero-order valence-electron chi connectivity index (χ0n) is 23.5. The maximum atomic E-state index is 11.7. The molecule has 0 saturated carbocycles. The van der Waals surface area contributed by atoms with Crippen molar-refractivity contribution in [3.05, 3.63) is 29.1 Å². The second-order valence-corrected chi connectivity index (χ2v) is 10.8. The second kappa shape index (κ2) is 16.4. The van der Waals surface area contributed by atoms with E-state index in [1.165, 1.54) is 32.1 Å². The van der Waals surface area contributed by atoms with E-state index in [1.807, 2.05) is 12.1 Å². The molecule has 0 spiro atoms. The SMILES string of the molecule is C=C(C)C(=O)OCCN=c1sc2cc(N=N)c(OCC(CC)CCCC)cc2n1CC(CC)CCCC. The maximum Gasteiger partial charge on any atom is 0.333 e. The number of benzene rings is 1. The molecule has 7 nitrogen and oxygen atoms in total. The molecule has 0 aliphatic rings. The molecule has 2 aromatic rings. The molecule has 37 heavy (non-hydrogen) atoms. The number of fused-ring (bicyclic) bond motifs is 1. The highest BCUT2D eigenvalue weighted by Gasteiger charge is 2.17. The molecule has 0 bridgehead atoms. The summed E-state index contributed by atoms with van der Waals surface area (Å²) in [4.78, 5) is 17.4. The second-order valence-electron chi connectivity index (χ2n) is 9.84. The van der Waals surface area contributed by atoms with Crippen molar-refractivity contribution in [1.29, 1.82) is 5.53 Å². The third-order valence-electron chi connectivity index (χ3n) is 6.81. The number of aromatic nitrogens is 1. The highest BCUT2D eigenvalue weighted by atomic mass is 32.1. The Kier molecular flexibility index (Phi) is 13.6. The van der Waals surface area contributed by atoms with Gasteiger partial charge in [0, 0.05) is 18.2 Å². The molecule has 1 N–H and O–H groups in total. The van der Waals surface area contributed by atoms with E-state index in [0.29, 0.717) is 42.0 Å². The van der Waals surface area contributed by atoms with E-state index < -0.39 is 5.97 Å². The van der Waals surface area contributed by atoms with Crippen molar-refractivity contribution in [2.45, 2.75) is 92.5 Å². The molecule has 1 aromatic carbocycles. The first-order valence-corrected chi connectivity index (χ1v) is 14.7. The summed E-state index contributed by atoms with van der Waals surface area (Å²) in [5, 5.41) is 3.78. The van der Waals surface area contributed by atoms with E-state index in [4.69, 9.17) is 20.0 Å². The van der Waals surface area contributed by atoms with Gasteiger partial charge in [-0.3, -0.25) is 4.99 Å². The molecule has 0 aliphatic heterocycles. The molecule has 8 heteroatoms. The van der Waals surface area contributed by atoms with Crippen LogP contribution in [-0.2, 0) is 16.1 Å². The molecule has 1 heterocycles. The van der Waals surface area contributed by atoms with Crippen molar-refractivity contribution in [1.82, 2.24) is 4.57 Å². The topological polar surface area (TPSA) is 89.0 Å². The van der Waals surface area contributed by atoms with Gasteiger partial charge in [0.1, 0.15) is 18.0 Å². The minimum absolute atomic E-state index is 0.213. The van der Waals surface area contributed by atoms with Crippen LogP contribution < -0.4 is 9.54 Å². The van der Waals surface area contributed by atoms with Gasteiger partial charge in [-0.05, 0) is 37.7 Å². The fourth-order valence-corrected chi connectivity index (χ4v) is 5.35. The van der Waals surface area contributed by atoms with Crippen molar-refractivity contribution in [2.75, 3.05) is 19.8 Å². The van der Waals surface area contributed by atoms with Gasteiger partial charge in [0.25, 0.3) is 0 Å². The van der Waals surface area contributed by atoms with E-state index in [2.05, 4.69) is 44.0 Å². The zero-order chi connectivity index (χ0) is 27.2. The average Bonchev–Trinajstić information content (AvgIpc) is 3.23. The number of nitrogens with one attached hydrogen (secondary N) is 1. The quantitative estimate of drug-likeness (QED) is 0.0911. The van der Waals surface area contributed by atoms with Crippen LogP contribution in [0.3, 0.4) is 0 Å². The maximum absolute atomic E-state index is 11.7. The predicted octanol–water partition coefficient (Wildman–Crippen LogP) is 8.20. The molecule has 2 atom stereocenters. The lowest BCUT2D eigenvalue weighted by molar-refractivity contribution is -0.138. The summed E-state index contributed by atoms with van der Waals surface area (Å²) in [6, 6.07) is 3.98. The smallest absolute Gasteiger partial charge is 0.333 e. The lowest BCUT2D eigenvalue weighted by atomic mass is 9.99. The molecule has 2 rings (SSSR count). The van der Waals surface area contributed by atoms with Gasteiger partial charge < -0.3 is 14.0 Å². The van der Waals surface area contributed by atoms with Gasteiger partial charge in [0.05, 0.1) is 23.4 Å². The van der Waals surface area contributed by atoms with Crippen LogP contribution in [0.2, 0.25) is 0 Å². The number of hydrogen-bond donors (Lipinski definition) is 1. The summed E-state index contributed by atoms with van der Waals surface area (Å²) in [5.41, 5.74) is 9.75. The Hall–Kier alpha value is -2.48. The van der Waals surface area contributed by atoms with Gasteiger partial charge >= 0.3 is 5.97 Å². The van der Waals surface area contributed by atoms with Crippen LogP contribution in [0.5, 0.6) is 5.75 Å². The number of nitrogens with zero attached hydrogens (tertiary/aromatic N) is 3. The molecular formula is C29H46N4O3S. The minimum atomic E-state index is -0.391. The van der Waals surface area contributed by atoms with Gasteiger partial charge in [0.2, 0.25) is 0 Å². The first-order valence-electron chi connectivity index (χ1n) is 13.9. The van der Waals surface area contributed by atoms with E-state index >= 15 is 0 Å². The van der Waals surface area contributed by atoms with Crippen molar-refractivity contribution >= 4 is 33.2 Å². The number of thiazole rings is 1. The normalized spacial score (nSPS) is 13.5. The molecule has 206 valence electrons. The Morgan fingerprint density at radius 2 is 1.78 bits per heavy atom. The van der Waals surface area contributed by atoms with Crippen LogP contribution in [0.15, 0.2) is 34.4 Å². The molecule has 0 saturated heterocycles. The molecule has 0 fully saturated rings. The number of hydrogen-bond acceptors (Lipinski definition) is 7. The molecule has 0 aliphatic carbocycles. The molecular weight excluding hydrogens is 484 g/mol. The summed E-state index contributed by atoms with van der Waals surface area (Å²) in [6.07, 6.45) is 9.25. The first-order chi connectivity index (χ1) is 17.9. The van der Waals surface area contributed by atoms with Crippen molar-refractivity contribution in [2.24, 2.45) is 21.9 Å². The number of carbonyl (C=O) groups is 1. The molecule has 0 radical (unpaired) electrons. The van der Waals surface area contributed by atoms with E-state index in [-0.39, 0.29) is 6.61 Å². The summed E-state index contributed by atoms with van der Waals surface area (Å²) in [6.45, 7) is 16.3. The summed E-state index contributed by atoms with van der Waals surface area (Å²) in [5.74, 6) is 1.31. The Morgan fingerprint density at radius 3 is 2.38 bits per heavy atom. The number of ether oxygens (including phenoxy) is 2. The molecule has 1 aromatic heterocycles. The number of rotatable bonds is 18. The highest BCUT2D eigenvalue weighted by Crippen LogP contribution is 2.35. The minimum Gasteiger partial charge on any atom is -0.491 e. The average molecular weight is 531 g/mol. The molecule has 2 unspecified atom stereocenters. The molecule has 0 amide bonds. The summed E-state index contributed by atoms with van der Waals surface area (Å²) in [7, 11) is 0. The number of unbranched alkanes of at least 4 members (excludes halogenated alkanes) is 2. The third-order valence-corrected chi connectivity index (χ3v) is 7.88. The van der Waals surface area contributed by atoms with Crippen LogP contribution in [-0.4, -0.2) is 30.3 Å². The van der Waals surface area contributed by atoms with Crippen LogP contribution in [0.4, 0.5) is 5.69 Å². The fraction of sp³-hybridized carbons (Fsp3) is 0.655. The number of esters is 1. The first kappa shape index (κ1) is 30.7. The lowest BCUT2D eigenvalue weighted by Crippen LogP contribution is -2.21. The van der Waals surface area contributed by atoms with E-state index in [1.54, 1.807) is 18.3 Å². The Labute approximate surface area is 226 Å². The Morgan fingerprint density at radius 1 is 1.11 bits per heavy atom. The number of carbonyl (C=O) groups excluding carboxylic acids is 1. The monoisotopic (exact) mass is 530 g/mol. The van der Waals surface area contributed by atoms with Gasteiger partial charge in [-0.15, -0.1) is 0 Å². The van der Waals surface area contributed by atoms with Gasteiger partial charge in [-0.25, -0.2) is 10.3 Å². The largest absolute Gasteiger partial charge is 0.491 e. The fourth-order valence-electron chi connectivity index (χ4n) is 4.27. The third kappa shape index (κ3) is 9.40. The van der Waals surface area contributed by atoms with Crippen LogP contribution in [0.25, 0.3) is 10.2 Å². The Balaban J connectivity index is 2.43. The standard InChI is InChI=1S/C29H46N4O3S/c1-7-11-13-22(9-3)19-33-25-18-26(36-20-23(10-4)14-12-8-2)24(32-30)17-27(25)37-29(33)31-15-16-35-28(34)21(5)6/h17-18,22-23,30H,5,7-16,19-20H2,1-4,6H3. The summed E-state index contributed by atoms with van der Waals surface area (Å²) < 4.78 is 14.8. The van der Waals surface area contributed by atoms with Crippen LogP contribution in [0, 0.1) is 17.4 Å². The Bertz CT molecular complexity index is 1090. The zero-order valence-corrected chi connectivity index (χ0v) is 24.3. The summed E-state index contributed by atoms with van der Waals surface area (Å²) >= 11 is 1.58. The highest BCUT2D eigenvalue weighted by molar-refractivity contribution is 7.16. The van der Waals surface area contributed by atoms with Gasteiger partial charge in [-0.1, -0.05) is 84.1 Å². The van der Waals surface area contributed by atoms with E-state index in [9.17, 15) is 4.79 Å². The van der Waals surface area contributed by atoms with E-state index in [0.717, 1.165) is 40.8 Å². The van der Waals surface area contributed by atoms with Crippen molar-refractivity contribution in [3.8, 4) is 5.75 Å². The van der Waals surface area contributed by atoms with Gasteiger partial charge in [0.15, 0.2) is 4.80 Å². The van der Waals surface area contributed by atoms with Crippen molar-refractivity contribution in [3.63, 3.8) is 0 Å².